The van der Waals surface area contributed by atoms with Crippen molar-refractivity contribution < 1.29 is 14.3 Å². The highest BCUT2D eigenvalue weighted by Crippen LogP contribution is 2.18. The monoisotopic (exact) mass is 331 g/mol. The number of hydrogen-bond acceptors (Lipinski definition) is 2. The Balaban J connectivity index is 2.61. The van der Waals surface area contributed by atoms with E-state index in [1.807, 2.05) is 0 Å². The molecule has 1 aromatic rings. The molecule has 1 unspecified atom stereocenters. The summed E-state index contributed by atoms with van der Waals surface area (Å²) < 4.78 is 13.7. The lowest BCUT2D eigenvalue weighted by Crippen LogP contribution is -2.30. The van der Waals surface area contributed by atoms with Crippen molar-refractivity contribution in [1.29, 1.82) is 0 Å². The summed E-state index contributed by atoms with van der Waals surface area (Å²) in [6.45, 7) is 2.68. The lowest BCUT2D eigenvalue weighted by Gasteiger charge is -2.16. The van der Waals surface area contributed by atoms with Gasteiger partial charge in [-0.2, -0.15) is 0 Å². The smallest absolute Gasteiger partial charge is 0.252 e. The third kappa shape index (κ3) is 5.28. The Morgan fingerprint density at radius 1 is 1.47 bits per heavy atom. The molecule has 0 aromatic heterocycles. The second kappa shape index (κ2) is 8.27. The average Bonchev–Trinajstić information content (AvgIpc) is 2.39. The van der Waals surface area contributed by atoms with Crippen molar-refractivity contribution >= 4 is 21.8 Å². The molecule has 1 aromatic carbocycles. The first-order valence-electron chi connectivity index (χ1n) is 6.42. The van der Waals surface area contributed by atoms with Gasteiger partial charge in [0.1, 0.15) is 5.82 Å². The number of halogens is 2. The number of aliphatic hydroxyl groups excluding tert-OH is 1. The van der Waals surface area contributed by atoms with Gasteiger partial charge in [-0.05, 0) is 52.9 Å². The molecule has 1 atom stereocenters. The lowest BCUT2D eigenvalue weighted by atomic mass is 10.00. The van der Waals surface area contributed by atoms with Crippen molar-refractivity contribution in [1.82, 2.24) is 5.32 Å². The van der Waals surface area contributed by atoms with Gasteiger partial charge in [0.05, 0.1) is 5.56 Å². The molecule has 0 aliphatic rings. The predicted octanol–water partition coefficient (Wildman–Crippen LogP) is 3.12. The van der Waals surface area contributed by atoms with E-state index in [0.717, 1.165) is 12.8 Å². The minimum absolute atomic E-state index is 0.115. The molecule has 0 aliphatic heterocycles. The highest BCUT2D eigenvalue weighted by molar-refractivity contribution is 9.10. The van der Waals surface area contributed by atoms with Crippen molar-refractivity contribution in [3.05, 3.63) is 34.1 Å². The number of carbonyl (C=O) groups excluding carboxylic acids is 1. The molecule has 0 bridgehead atoms. The summed E-state index contributed by atoms with van der Waals surface area (Å²) in [6.07, 6.45) is 2.62. The van der Waals surface area contributed by atoms with Crippen LogP contribution in [0.25, 0.3) is 0 Å². The van der Waals surface area contributed by atoms with E-state index >= 15 is 0 Å². The van der Waals surface area contributed by atoms with Crippen LogP contribution in [0.2, 0.25) is 0 Å². The zero-order valence-corrected chi connectivity index (χ0v) is 12.5. The van der Waals surface area contributed by atoms with Crippen LogP contribution in [0.1, 0.15) is 36.5 Å². The largest absolute Gasteiger partial charge is 0.396 e. The fourth-order valence-corrected chi connectivity index (χ4v) is 2.37. The van der Waals surface area contributed by atoms with Crippen LogP contribution in [0, 0.1) is 11.7 Å². The normalized spacial score (nSPS) is 12.2. The van der Waals surface area contributed by atoms with Crippen molar-refractivity contribution in [2.75, 3.05) is 13.2 Å². The Hall–Kier alpha value is -0.940. The lowest BCUT2D eigenvalue weighted by molar-refractivity contribution is 0.0941. The first kappa shape index (κ1) is 16.1. The molecule has 5 heteroatoms. The van der Waals surface area contributed by atoms with E-state index in [4.69, 9.17) is 5.11 Å². The molecule has 0 heterocycles. The minimum atomic E-state index is -0.436. The molecule has 0 fully saturated rings. The Morgan fingerprint density at radius 3 is 2.84 bits per heavy atom. The molecule has 1 amide bonds. The molecule has 1 rings (SSSR count). The van der Waals surface area contributed by atoms with Crippen LogP contribution < -0.4 is 5.32 Å². The van der Waals surface area contributed by atoms with Crippen molar-refractivity contribution in [3.63, 3.8) is 0 Å². The van der Waals surface area contributed by atoms with E-state index in [9.17, 15) is 9.18 Å². The number of amides is 1. The molecule has 0 aliphatic carbocycles. The highest BCUT2D eigenvalue weighted by atomic mass is 79.9. The third-order valence-corrected chi connectivity index (χ3v) is 3.65. The summed E-state index contributed by atoms with van der Waals surface area (Å²) in [5.74, 6) is -0.481. The van der Waals surface area contributed by atoms with Gasteiger partial charge < -0.3 is 10.4 Å². The number of rotatable bonds is 7. The van der Waals surface area contributed by atoms with E-state index in [-0.39, 0.29) is 18.4 Å². The van der Waals surface area contributed by atoms with E-state index < -0.39 is 5.82 Å². The molecule has 106 valence electrons. The summed E-state index contributed by atoms with van der Waals surface area (Å²) in [7, 11) is 0. The van der Waals surface area contributed by atoms with Gasteiger partial charge in [-0.1, -0.05) is 13.3 Å². The predicted molar refractivity (Wildman–Crippen MR) is 76.5 cm³/mol. The van der Waals surface area contributed by atoms with Gasteiger partial charge in [0.25, 0.3) is 5.91 Å². The topological polar surface area (TPSA) is 49.3 Å². The van der Waals surface area contributed by atoms with E-state index in [1.165, 1.54) is 18.2 Å². The van der Waals surface area contributed by atoms with Gasteiger partial charge in [0.15, 0.2) is 0 Å². The fraction of sp³-hybridized carbons (Fsp3) is 0.500. The maximum Gasteiger partial charge on any atom is 0.252 e. The van der Waals surface area contributed by atoms with Crippen LogP contribution in [-0.2, 0) is 0 Å². The molecule has 0 spiro atoms. The van der Waals surface area contributed by atoms with Crippen LogP contribution >= 0.6 is 15.9 Å². The molecular weight excluding hydrogens is 313 g/mol. The number of benzene rings is 1. The van der Waals surface area contributed by atoms with E-state index in [0.29, 0.717) is 23.0 Å². The van der Waals surface area contributed by atoms with E-state index in [2.05, 4.69) is 28.2 Å². The third-order valence-electron chi connectivity index (χ3n) is 2.96. The zero-order valence-electron chi connectivity index (χ0n) is 11.0. The second-order valence-corrected chi connectivity index (χ2v) is 5.36. The quantitative estimate of drug-likeness (QED) is 0.806. The Kier molecular flexibility index (Phi) is 7.02. The summed E-state index contributed by atoms with van der Waals surface area (Å²) in [6, 6.07) is 4.02. The number of aliphatic hydroxyl groups is 1. The number of hydrogen-bond donors (Lipinski definition) is 2. The number of carbonyl (C=O) groups is 1. The van der Waals surface area contributed by atoms with Gasteiger partial charge in [0.2, 0.25) is 0 Å². The Morgan fingerprint density at radius 2 is 2.21 bits per heavy atom. The molecule has 0 saturated heterocycles. The van der Waals surface area contributed by atoms with Gasteiger partial charge in [-0.3, -0.25) is 4.79 Å². The fourth-order valence-electron chi connectivity index (χ4n) is 1.94. The first-order chi connectivity index (χ1) is 9.08. The van der Waals surface area contributed by atoms with Crippen LogP contribution in [0.15, 0.2) is 22.7 Å². The van der Waals surface area contributed by atoms with Gasteiger partial charge >= 0.3 is 0 Å². The van der Waals surface area contributed by atoms with Crippen LogP contribution in [0.5, 0.6) is 0 Å². The molecule has 0 saturated carbocycles. The van der Waals surface area contributed by atoms with Crippen LogP contribution in [0.3, 0.4) is 0 Å². The van der Waals surface area contributed by atoms with Gasteiger partial charge in [-0.15, -0.1) is 0 Å². The Bertz CT molecular complexity index is 420. The minimum Gasteiger partial charge on any atom is -0.396 e. The first-order valence-corrected chi connectivity index (χ1v) is 7.21. The second-order valence-electron chi connectivity index (χ2n) is 4.50. The molecular formula is C14H19BrFNO2. The highest BCUT2D eigenvalue weighted by Gasteiger charge is 2.13. The molecule has 19 heavy (non-hydrogen) atoms. The van der Waals surface area contributed by atoms with Gasteiger partial charge in [0, 0.05) is 17.6 Å². The molecule has 0 radical (unpaired) electrons. The average molecular weight is 332 g/mol. The Labute approximate surface area is 121 Å². The van der Waals surface area contributed by atoms with Gasteiger partial charge in [-0.25, -0.2) is 4.39 Å². The zero-order chi connectivity index (χ0) is 14.3. The summed E-state index contributed by atoms with van der Waals surface area (Å²) in [5, 5.41) is 11.7. The maximum absolute atomic E-state index is 13.1. The summed E-state index contributed by atoms with van der Waals surface area (Å²) in [5.41, 5.74) is 0.291. The number of nitrogens with one attached hydrogen (secondary N) is 1. The van der Waals surface area contributed by atoms with Crippen molar-refractivity contribution in [2.45, 2.75) is 26.2 Å². The van der Waals surface area contributed by atoms with Crippen molar-refractivity contribution in [2.24, 2.45) is 5.92 Å². The maximum atomic E-state index is 13.1. The van der Waals surface area contributed by atoms with Crippen LogP contribution in [0.4, 0.5) is 4.39 Å². The summed E-state index contributed by atoms with van der Waals surface area (Å²) >= 11 is 3.23. The summed E-state index contributed by atoms with van der Waals surface area (Å²) in [4.78, 5) is 12.0. The molecule has 3 nitrogen and oxygen atoms in total. The molecule has 2 N–H and O–H groups in total. The van der Waals surface area contributed by atoms with Crippen molar-refractivity contribution in [3.8, 4) is 0 Å². The SMILES string of the molecule is CCCC(CCO)CNC(=O)c1cc(F)ccc1Br. The standard InChI is InChI=1S/C14H19BrFNO2/c1-2-3-10(6-7-18)9-17-14(19)12-8-11(16)4-5-13(12)15/h4-5,8,10,18H,2-3,6-7,9H2,1H3,(H,17,19). The van der Waals surface area contributed by atoms with Crippen LogP contribution in [-0.4, -0.2) is 24.2 Å². The van der Waals surface area contributed by atoms with E-state index in [1.54, 1.807) is 0 Å².